The maximum Gasteiger partial charge on any atom is 0.318 e. The molecule has 17 heavy (non-hydrogen) atoms. The zero-order valence-corrected chi connectivity index (χ0v) is 9.84. The minimum Gasteiger partial charge on any atom is -0.481 e. The molecule has 0 aliphatic carbocycles. The number of nitrogens with one attached hydrogen (secondary N) is 1. The molecule has 3 unspecified atom stereocenters. The second-order valence-electron chi connectivity index (χ2n) is 4.41. The van der Waals surface area contributed by atoms with Gasteiger partial charge in [0, 0.05) is 13.1 Å². The average Bonchev–Trinajstić information content (AvgIpc) is 2.58. The monoisotopic (exact) mass is 243 g/mol. The highest BCUT2D eigenvalue weighted by Gasteiger charge is 2.38. The first-order valence-corrected chi connectivity index (χ1v) is 5.40. The van der Waals surface area contributed by atoms with Crippen LogP contribution in [0.2, 0.25) is 0 Å². The molecule has 0 radical (unpaired) electrons. The third kappa shape index (κ3) is 3.16. The van der Waals surface area contributed by atoms with Gasteiger partial charge in [0.2, 0.25) is 5.91 Å². The zero-order chi connectivity index (χ0) is 13.2. The molecule has 1 aliphatic heterocycles. The van der Waals surface area contributed by atoms with E-state index in [-0.39, 0.29) is 5.92 Å². The van der Waals surface area contributed by atoms with Gasteiger partial charge in [0.1, 0.15) is 0 Å². The standard InChI is InChI=1S/C10H17N3O4/c1-5-3-13(4-7(5)9(15)16)6(2)8(14)12-10(11)17/h5-7H,3-4H2,1-2H3,(H,15,16)(H3,11,12,14,17). The number of carboxylic acid groups (broad SMARTS) is 1. The minimum absolute atomic E-state index is 0.0173. The van der Waals surface area contributed by atoms with Gasteiger partial charge < -0.3 is 10.8 Å². The van der Waals surface area contributed by atoms with Crippen molar-refractivity contribution in [2.45, 2.75) is 19.9 Å². The van der Waals surface area contributed by atoms with E-state index < -0.39 is 29.9 Å². The first-order chi connectivity index (χ1) is 7.82. The van der Waals surface area contributed by atoms with E-state index >= 15 is 0 Å². The number of hydrogen-bond acceptors (Lipinski definition) is 4. The van der Waals surface area contributed by atoms with Gasteiger partial charge in [0.05, 0.1) is 12.0 Å². The van der Waals surface area contributed by atoms with Crippen LogP contribution in [-0.2, 0) is 9.59 Å². The van der Waals surface area contributed by atoms with Gasteiger partial charge in [-0.15, -0.1) is 0 Å². The SMILES string of the molecule is CC1CN(C(C)C(=O)NC(N)=O)CC1C(=O)O. The summed E-state index contributed by atoms with van der Waals surface area (Å²) < 4.78 is 0. The summed E-state index contributed by atoms with van der Waals surface area (Å²) in [6.07, 6.45) is 0. The second kappa shape index (κ2) is 5.13. The quantitative estimate of drug-likeness (QED) is 0.602. The van der Waals surface area contributed by atoms with Crippen molar-refractivity contribution in [2.24, 2.45) is 17.6 Å². The van der Waals surface area contributed by atoms with Gasteiger partial charge >= 0.3 is 12.0 Å². The molecule has 1 rings (SSSR count). The maximum absolute atomic E-state index is 11.5. The number of likely N-dealkylation sites (tertiary alicyclic amines) is 1. The maximum atomic E-state index is 11.5. The summed E-state index contributed by atoms with van der Waals surface area (Å²) in [5.74, 6) is -1.85. The van der Waals surface area contributed by atoms with Crippen LogP contribution in [0.5, 0.6) is 0 Å². The molecule has 0 bridgehead atoms. The van der Waals surface area contributed by atoms with Crippen LogP contribution in [0, 0.1) is 11.8 Å². The van der Waals surface area contributed by atoms with Gasteiger partial charge in [-0.2, -0.15) is 0 Å². The molecule has 4 N–H and O–H groups in total. The highest BCUT2D eigenvalue weighted by atomic mass is 16.4. The third-order valence-electron chi connectivity index (χ3n) is 3.13. The molecule has 1 fully saturated rings. The molecule has 3 amide bonds. The molecule has 0 saturated carbocycles. The van der Waals surface area contributed by atoms with Crippen LogP contribution >= 0.6 is 0 Å². The smallest absolute Gasteiger partial charge is 0.318 e. The predicted molar refractivity (Wildman–Crippen MR) is 59.1 cm³/mol. The molecule has 1 heterocycles. The van der Waals surface area contributed by atoms with Gasteiger partial charge in [-0.25, -0.2) is 4.79 Å². The van der Waals surface area contributed by atoms with Crippen LogP contribution in [-0.4, -0.2) is 47.0 Å². The molecule has 0 aromatic carbocycles. The molecule has 96 valence electrons. The molecule has 3 atom stereocenters. The number of imide groups is 1. The number of rotatable bonds is 3. The highest BCUT2D eigenvalue weighted by Crippen LogP contribution is 2.24. The Labute approximate surface area is 98.9 Å². The summed E-state index contributed by atoms with van der Waals surface area (Å²) >= 11 is 0. The summed E-state index contributed by atoms with van der Waals surface area (Å²) in [5, 5.41) is 11.0. The molecule has 0 aromatic heterocycles. The minimum atomic E-state index is -0.899. The van der Waals surface area contributed by atoms with Crippen LogP contribution in [0.15, 0.2) is 0 Å². The zero-order valence-electron chi connectivity index (χ0n) is 9.84. The lowest BCUT2D eigenvalue weighted by Crippen LogP contribution is -2.47. The van der Waals surface area contributed by atoms with Crippen molar-refractivity contribution in [2.75, 3.05) is 13.1 Å². The molecule has 7 nitrogen and oxygen atoms in total. The fraction of sp³-hybridized carbons (Fsp3) is 0.700. The number of urea groups is 1. The number of nitrogens with zero attached hydrogens (tertiary/aromatic N) is 1. The molecule has 1 saturated heterocycles. The van der Waals surface area contributed by atoms with Crippen LogP contribution in [0.4, 0.5) is 4.79 Å². The fourth-order valence-corrected chi connectivity index (χ4v) is 2.03. The van der Waals surface area contributed by atoms with Crippen LogP contribution in [0.1, 0.15) is 13.8 Å². The summed E-state index contributed by atoms with van der Waals surface area (Å²) in [4.78, 5) is 34.7. The van der Waals surface area contributed by atoms with E-state index in [1.54, 1.807) is 11.8 Å². The number of hydrogen-bond donors (Lipinski definition) is 3. The largest absolute Gasteiger partial charge is 0.481 e. The number of amides is 3. The fourth-order valence-electron chi connectivity index (χ4n) is 2.03. The molecular weight excluding hydrogens is 226 g/mol. The van der Waals surface area contributed by atoms with Gasteiger partial charge in [-0.1, -0.05) is 6.92 Å². The van der Waals surface area contributed by atoms with E-state index in [2.05, 4.69) is 0 Å². The van der Waals surface area contributed by atoms with Crippen molar-refractivity contribution in [3.8, 4) is 0 Å². The molecule has 1 aliphatic rings. The number of nitrogens with two attached hydrogens (primary N) is 1. The Kier molecular flexibility index (Phi) is 4.06. The Morgan fingerprint density at radius 2 is 2.00 bits per heavy atom. The molecular formula is C10H17N3O4. The second-order valence-corrected chi connectivity index (χ2v) is 4.41. The highest BCUT2D eigenvalue weighted by molar-refractivity contribution is 5.96. The Morgan fingerprint density at radius 3 is 2.41 bits per heavy atom. The van der Waals surface area contributed by atoms with Crippen molar-refractivity contribution >= 4 is 17.9 Å². The van der Waals surface area contributed by atoms with E-state index in [1.165, 1.54) is 0 Å². The number of carboxylic acids is 1. The van der Waals surface area contributed by atoms with E-state index in [1.807, 2.05) is 12.2 Å². The van der Waals surface area contributed by atoms with Crippen molar-refractivity contribution < 1.29 is 19.5 Å². The first-order valence-electron chi connectivity index (χ1n) is 5.40. The predicted octanol–water partition coefficient (Wildman–Crippen LogP) is -0.778. The summed E-state index contributed by atoms with van der Waals surface area (Å²) in [6, 6.07) is -1.46. The van der Waals surface area contributed by atoms with Crippen LogP contribution in [0.25, 0.3) is 0 Å². The normalized spacial score (nSPS) is 26.5. The number of carbonyl (C=O) groups excluding carboxylic acids is 2. The van der Waals surface area contributed by atoms with Crippen LogP contribution in [0.3, 0.4) is 0 Å². The lowest BCUT2D eigenvalue weighted by molar-refractivity contribution is -0.142. The van der Waals surface area contributed by atoms with Crippen LogP contribution < -0.4 is 11.1 Å². The molecule has 0 aromatic rings. The Balaban J connectivity index is 2.61. The van der Waals surface area contributed by atoms with E-state index in [4.69, 9.17) is 10.8 Å². The average molecular weight is 243 g/mol. The number of aliphatic carboxylic acids is 1. The summed E-state index contributed by atoms with van der Waals surface area (Å²) in [7, 11) is 0. The van der Waals surface area contributed by atoms with Crippen molar-refractivity contribution in [1.29, 1.82) is 0 Å². The third-order valence-corrected chi connectivity index (χ3v) is 3.13. The first kappa shape index (κ1) is 13.4. The van der Waals surface area contributed by atoms with Gasteiger partial charge in [-0.3, -0.25) is 19.8 Å². The Morgan fingerprint density at radius 1 is 1.41 bits per heavy atom. The number of carbonyl (C=O) groups is 3. The van der Waals surface area contributed by atoms with Crippen molar-refractivity contribution in [3.63, 3.8) is 0 Å². The van der Waals surface area contributed by atoms with Crippen molar-refractivity contribution in [1.82, 2.24) is 10.2 Å². The lowest BCUT2D eigenvalue weighted by atomic mass is 9.99. The Bertz CT molecular complexity index is 344. The van der Waals surface area contributed by atoms with E-state index in [9.17, 15) is 14.4 Å². The van der Waals surface area contributed by atoms with E-state index in [0.717, 1.165) is 0 Å². The van der Waals surface area contributed by atoms with Gasteiger partial charge in [0.15, 0.2) is 0 Å². The lowest BCUT2D eigenvalue weighted by Gasteiger charge is -2.22. The van der Waals surface area contributed by atoms with Gasteiger partial charge in [-0.05, 0) is 12.8 Å². The molecule has 7 heteroatoms. The summed E-state index contributed by atoms with van der Waals surface area (Å²) in [5.41, 5.74) is 4.85. The van der Waals surface area contributed by atoms with E-state index in [0.29, 0.717) is 13.1 Å². The Hall–Kier alpha value is -1.63. The molecule has 0 spiro atoms. The van der Waals surface area contributed by atoms with Crippen molar-refractivity contribution in [3.05, 3.63) is 0 Å². The summed E-state index contributed by atoms with van der Waals surface area (Å²) in [6.45, 7) is 4.28. The number of primary amides is 1. The van der Waals surface area contributed by atoms with Gasteiger partial charge in [0.25, 0.3) is 0 Å². The topological polar surface area (TPSA) is 113 Å².